The van der Waals surface area contributed by atoms with Gasteiger partial charge in [-0.1, -0.05) is 13.8 Å². The summed E-state index contributed by atoms with van der Waals surface area (Å²) in [6.07, 6.45) is 1.53. The van der Waals surface area contributed by atoms with Crippen LogP contribution in [0.3, 0.4) is 0 Å². The summed E-state index contributed by atoms with van der Waals surface area (Å²) in [7, 11) is 0. The first-order valence-corrected chi connectivity index (χ1v) is 5.15. The Morgan fingerprint density at radius 3 is 2.38 bits per heavy atom. The smallest absolute Gasteiger partial charge is 0.233 e. The predicted molar refractivity (Wildman–Crippen MR) is 56.9 cm³/mol. The van der Waals surface area contributed by atoms with E-state index in [0.29, 0.717) is 11.4 Å². The van der Waals surface area contributed by atoms with Crippen molar-refractivity contribution < 1.29 is 9.59 Å². The number of likely N-dealkylation sites (tertiary alicyclic amines) is 1. The maximum Gasteiger partial charge on any atom is 0.233 e. The van der Waals surface area contributed by atoms with Crippen molar-refractivity contribution in [2.24, 2.45) is 11.8 Å². The molecule has 2 heterocycles. The van der Waals surface area contributed by atoms with E-state index in [4.69, 9.17) is 5.73 Å². The number of carbonyl (C=O) groups is 2. The largest absolute Gasteiger partial charge is 0.384 e. The Bertz CT molecular complexity index is 420. The number of H-pyrrole nitrogens is 1. The number of nitrogens with two attached hydrogens (primary N) is 1. The number of nitrogen functional groups attached to an aromatic ring is 1. The number of rotatable bonds is 2. The summed E-state index contributed by atoms with van der Waals surface area (Å²) in [5.74, 6) is -0.384. The molecule has 1 saturated heterocycles. The zero-order valence-corrected chi connectivity index (χ0v) is 9.23. The van der Waals surface area contributed by atoms with Gasteiger partial charge in [-0.3, -0.25) is 19.6 Å². The van der Waals surface area contributed by atoms with Crippen LogP contribution < -0.4 is 5.73 Å². The van der Waals surface area contributed by atoms with E-state index < -0.39 is 0 Å². The summed E-state index contributed by atoms with van der Waals surface area (Å²) in [6.45, 7) is 3.74. The molecule has 0 aromatic carbocycles. The normalized spacial score (nSPS) is 25.5. The SMILES string of the molecule is CC1C(=O)N(Cc2cn[nH]c2N)C(=O)C1C. The number of hydrogen-bond acceptors (Lipinski definition) is 4. The molecule has 6 nitrogen and oxygen atoms in total. The molecule has 2 rings (SSSR count). The third kappa shape index (κ3) is 1.46. The second-order valence-corrected chi connectivity index (χ2v) is 4.15. The molecule has 2 amide bonds. The van der Waals surface area contributed by atoms with E-state index in [0.717, 1.165) is 0 Å². The van der Waals surface area contributed by atoms with Gasteiger partial charge in [0.25, 0.3) is 0 Å². The van der Waals surface area contributed by atoms with Crippen LogP contribution >= 0.6 is 0 Å². The lowest BCUT2D eigenvalue weighted by molar-refractivity contribution is -0.140. The fraction of sp³-hybridized carbons (Fsp3) is 0.500. The van der Waals surface area contributed by atoms with Crippen LogP contribution in [0.4, 0.5) is 5.82 Å². The van der Waals surface area contributed by atoms with Crippen LogP contribution in [-0.2, 0) is 16.1 Å². The van der Waals surface area contributed by atoms with Crippen LogP contribution in [0.25, 0.3) is 0 Å². The molecule has 16 heavy (non-hydrogen) atoms. The highest BCUT2D eigenvalue weighted by molar-refractivity contribution is 6.04. The summed E-state index contributed by atoms with van der Waals surface area (Å²) >= 11 is 0. The number of nitrogens with zero attached hydrogens (tertiary/aromatic N) is 2. The standard InChI is InChI=1S/C10H14N4O2/c1-5-6(2)10(16)14(9(5)15)4-7-3-12-13-8(7)11/h3,5-6H,4H2,1-2H3,(H3,11,12,13). The summed E-state index contributed by atoms with van der Waals surface area (Å²) < 4.78 is 0. The number of aromatic nitrogens is 2. The Labute approximate surface area is 92.8 Å². The minimum atomic E-state index is -0.249. The number of anilines is 1. The van der Waals surface area contributed by atoms with Gasteiger partial charge in [-0.05, 0) is 0 Å². The molecule has 3 N–H and O–H groups in total. The molecule has 0 bridgehead atoms. The van der Waals surface area contributed by atoms with Gasteiger partial charge in [0.1, 0.15) is 5.82 Å². The molecule has 6 heteroatoms. The topological polar surface area (TPSA) is 92.1 Å². The van der Waals surface area contributed by atoms with Gasteiger partial charge in [0, 0.05) is 17.4 Å². The highest BCUT2D eigenvalue weighted by atomic mass is 16.2. The third-order valence-electron chi connectivity index (χ3n) is 3.14. The molecule has 2 unspecified atom stereocenters. The molecule has 1 aromatic rings. The van der Waals surface area contributed by atoms with E-state index in [2.05, 4.69) is 10.2 Å². The highest BCUT2D eigenvalue weighted by Gasteiger charge is 2.42. The molecular formula is C10H14N4O2. The Morgan fingerprint density at radius 1 is 1.38 bits per heavy atom. The number of hydrogen-bond donors (Lipinski definition) is 2. The van der Waals surface area contributed by atoms with Gasteiger partial charge >= 0.3 is 0 Å². The molecule has 1 fully saturated rings. The highest BCUT2D eigenvalue weighted by Crippen LogP contribution is 2.27. The predicted octanol–water partition coefficient (Wildman–Crippen LogP) is 0.133. The first-order valence-electron chi connectivity index (χ1n) is 5.15. The van der Waals surface area contributed by atoms with Gasteiger partial charge in [-0.2, -0.15) is 5.10 Å². The lowest BCUT2D eigenvalue weighted by Gasteiger charge is -2.13. The fourth-order valence-electron chi connectivity index (χ4n) is 1.80. The summed E-state index contributed by atoms with van der Waals surface area (Å²) in [5, 5.41) is 6.33. The first kappa shape index (κ1) is 10.7. The van der Waals surface area contributed by atoms with Gasteiger partial charge < -0.3 is 5.73 Å². The number of amides is 2. The molecule has 0 radical (unpaired) electrons. The average molecular weight is 222 g/mol. The van der Waals surface area contributed by atoms with Crippen molar-refractivity contribution in [2.75, 3.05) is 5.73 Å². The second kappa shape index (κ2) is 3.62. The van der Waals surface area contributed by atoms with Crippen LogP contribution in [0.5, 0.6) is 0 Å². The monoisotopic (exact) mass is 222 g/mol. The van der Waals surface area contributed by atoms with Crippen molar-refractivity contribution >= 4 is 17.6 Å². The maximum absolute atomic E-state index is 11.8. The lowest BCUT2D eigenvalue weighted by atomic mass is 10.00. The van der Waals surface area contributed by atoms with Crippen molar-refractivity contribution in [2.45, 2.75) is 20.4 Å². The summed E-state index contributed by atoms with van der Waals surface area (Å²) in [5.41, 5.74) is 6.28. The molecule has 0 spiro atoms. The molecule has 0 saturated carbocycles. The van der Waals surface area contributed by atoms with E-state index in [1.54, 1.807) is 13.8 Å². The fourth-order valence-corrected chi connectivity index (χ4v) is 1.80. The van der Waals surface area contributed by atoms with Gasteiger partial charge in [0.2, 0.25) is 11.8 Å². The maximum atomic E-state index is 11.8. The molecule has 1 aromatic heterocycles. The van der Waals surface area contributed by atoms with Gasteiger partial charge in [-0.15, -0.1) is 0 Å². The van der Waals surface area contributed by atoms with Gasteiger partial charge in [0.05, 0.1) is 12.7 Å². The third-order valence-corrected chi connectivity index (χ3v) is 3.14. The van der Waals surface area contributed by atoms with Crippen molar-refractivity contribution in [3.8, 4) is 0 Å². The first-order chi connectivity index (χ1) is 7.52. The zero-order valence-electron chi connectivity index (χ0n) is 9.23. The second-order valence-electron chi connectivity index (χ2n) is 4.15. The van der Waals surface area contributed by atoms with Crippen molar-refractivity contribution in [3.63, 3.8) is 0 Å². The van der Waals surface area contributed by atoms with E-state index in [1.165, 1.54) is 11.1 Å². The zero-order chi connectivity index (χ0) is 11.9. The van der Waals surface area contributed by atoms with Crippen molar-refractivity contribution in [1.82, 2.24) is 15.1 Å². The van der Waals surface area contributed by atoms with Crippen molar-refractivity contribution in [3.05, 3.63) is 11.8 Å². The average Bonchev–Trinajstić information content (AvgIpc) is 2.73. The molecule has 86 valence electrons. The minimum Gasteiger partial charge on any atom is -0.384 e. The van der Waals surface area contributed by atoms with Gasteiger partial charge in [-0.25, -0.2) is 0 Å². The van der Waals surface area contributed by atoms with Crippen LogP contribution in [0.1, 0.15) is 19.4 Å². The number of nitrogens with one attached hydrogen (secondary N) is 1. The Morgan fingerprint density at radius 2 is 1.94 bits per heavy atom. The molecular weight excluding hydrogens is 208 g/mol. The number of aromatic amines is 1. The van der Waals surface area contributed by atoms with E-state index in [9.17, 15) is 9.59 Å². The van der Waals surface area contributed by atoms with Crippen molar-refractivity contribution in [1.29, 1.82) is 0 Å². The Hall–Kier alpha value is -1.85. The van der Waals surface area contributed by atoms with Crippen LogP contribution in [-0.4, -0.2) is 26.9 Å². The number of imide groups is 1. The van der Waals surface area contributed by atoms with E-state index >= 15 is 0 Å². The minimum absolute atomic E-state index is 0.141. The van der Waals surface area contributed by atoms with Crippen LogP contribution in [0, 0.1) is 11.8 Å². The molecule has 1 aliphatic rings. The lowest BCUT2D eigenvalue weighted by Crippen LogP contribution is -2.30. The van der Waals surface area contributed by atoms with Gasteiger partial charge in [0.15, 0.2) is 0 Å². The molecule has 0 aliphatic carbocycles. The Balaban J connectivity index is 2.20. The molecule has 2 atom stereocenters. The summed E-state index contributed by atoms with van der Waals surface area (Å²) in [4.78, 5) is 24.8. The molecule has 1 aliphatic heterocycles. The van der Waals surface area contributed by atoms with Crippen LogP contribution in [0.2, 0.25) is 0 Å². The summed E-state index contributed by atoms with van der Waals surface area (Å²) in [6, 6.07) is 0. The Kier molecular flexibility index (Phi) is 2.41. The number of carbonyl (C=O) groups excluding carboxylic acids is 2. The quantitative estimate of drug-likeness (QED) is 0.696. The van der Waals surface area contributed by atoms with E-state index in [-0.39, 0.29) is 30.2 Å². The van der Waals surface area contributed by atoms with Crippen LogP contribution in [0.15, 0.2) is 6.20 Å². The van der Waals surface area contributed by atoms with E-state index in [1.807, 2.05) is 0 Å².